The van der Waals surface area contributed by atoms with Crippen LogP contribution in [0.2, 0.25) is 0 Å². The van der Waals surface area contributed by atoms with Crippen LogP contribution in [0.15, 0.2) is 0 Å². The minimum absolute atomic E-state index is 0.0171. The van der Waals surface area contributed by atoms with E-state index in [0.29, 0.717) is 12.8 Å². The number of carbonyl (C=O) groups excluding carboxylic acids is 6. The monoisotopic (exact) mass is 1300 g/mol. The summed E-state index contributed by atoms with van der Waals surface area (Å²) in [5.74, 6) is -3.21. The number of hydrogen-bond donors (Lipinski definition) is 13. The fourth-order valence-corrected chi connectivity index (χ4v) is 11.4. The molecule has 4 atom stereocenters. The van der Waals surface area contributed by atoms with Crippen LogP contribution in [0.25, 0.3) is 0 Å². The number of anilines is 2. The highest BCUT2D eigenvalue weighted by Gasteiger charge is 2.33. The van der Waals surface area contributed by atoms with Gasteiger partial charge in [-0.3, -0.25) is 28.8 Å². The fraction of sp³-hybridized carbons (Fsp3) is 0.486. The van der Waals surface area contributed by atoms with Crippen molar-refractivity contribution in [3.05, 3.63) is 47.7 Å². The van der Waals surface area contributed by atoms with Crippen molar-refractivity contribution in [3.8, 4) is 0 Å². The zero-order valence-corrected chi connectivity index (χ0v) is 40.6. The number of amides is 6. The van der Waals surface area contributed by atoms with Gasteiger partial charge < -0.3 is 77.0 Å². The summed E-state index contributed by atoms with van der Waals surface area (Å²) in [5, 5.41) is 97.8. The summed E-state index contributed by atoms with van der Waals surface area (Å²) in [6, 6.07) is 0. The summed E-state index contributed by atoms with van der Waals surface area (Å²) in [7, 11) is 0. The third-order valence-electron chi connectivity index (χ3n) is 8.58. The van der Waals surface area contributed by atoms with Gasteiger partial charge in [-0.1, -0.05) is 0 Å². The highest BCUT2D eigenvalue weighted by molar-refractivity contribution is 14.1. The van der Waals surface area contributed by atoms with Crippen LogP contribution in [-0.2, 0) is 9.59 Å². The molecule has 21 nitrogen and oxygen atoms in total. The quantitative estimate of drug-likeness (QED) is 0.0369. The number of aliphatic hydroxyl groups excluding tert-OH is 9. The summed E-state index contributed by atoms with van der Waals surface area (Å²) < 4.78 is 0.444. The van der Waals surface area contributed by atoms with Crippen LogP contribution in [0.1, 0.15) is 52.6 Å². The Hall–Kier alpha value is -2.18. The second kappa shape index (κ2) is 25.8. The van der Waals surface area contributed by atoms with Gasteiger partial charge in [0.1, 0.15) is 0 Å². The third kappa shape index (κ3) is 13.9. The van der Waals surface area contributed by atoms with Gasteiger partial charge in [0.2, 0.25) is 12.8 Å². The average Bonchev–Trinajstić information content (AvgIpc) is 3.21. The molecule has 4 unspecified atom stereocenters. The molecule has 0 fully saturated rings. The molecule has 60 heavy (non-hydrogen) atoms. The van der Waals surface area contributed by atoms with E-state index >= 15 is 0 Å². The van der Waals surface area contributed by atoms with Crippen molar-refractivity contribution in [3.63, 3.8) is 0 Å². The molecule has 2 aromatic rings. The molecule has 0 saturated heterocycles. The van der Waals surface area contributed by atoms with Gasteiger partial charge in [0.15, 0.2) is 0 Å². The number of nitrogens with one attached hydrogen (secondary N) is 4. The molecule has 25 heteroatoms. The first kappa shape index (κ1) is 54.0. The summed E-state index contributed by atoms with van der Waals surface area (Å²) >= 11 is 7.03. The molecule has 0 heterocycles. The van der Waals surface area contributed by atoms with Crippen molar-refractivity contribution in [2.24, 2.45) is 0 Å². The maximum Gasteiger partial charge on any atom is 0.253 e. The van der Waals surface area contributed by atoms with Crippen molar-refractivity contribution in [1.29, 1.82) is 0 Å². The largest absolute Gasteiger partial charge is 0.394 e. The molecular formula is C35H46I4N6O15. The summed E-state index contributed by atoms with van der Waals surface area (Å²) in [6.07, 6.45) is -6.28. The number of carbonyl (C=O) groups is 6. The minimum atomic E-state index is -1.60. The van der Waals surface area contributed by atoms with Crippen molar-refractivity contribution < 1.29 is 74.7 Å². The molecule has 0 aromatic heterocycles. The lowest BCUT2D eigenvalue weighted by Crippen LogP contribution is -2.42. The van der Waals surface area contributed by atoms with E-state index in [0.717, 1.165) is 9.80 Å². The first-order chi connectivity index (χ1) is 28.3. The van der Waals surface area contributed by atoms with E-state index in [1.165, 1.54) is 13.8 Å². The number of rotatable bonds is 24. The molecule has 13 N–H and O–H groups in total. The lowest BCUT2D eigenvalue weighted by atomic mass is 9.99. The van der Waals surface area contributed by atoms with Crippen LogP contribution in [0, 0.1) is 28.1 Å². The Labute approximate surface area is 398 Å². The second-order valence-corrected chi connectivity index (χ2v) is 17.4. The van der Waals surface area contributed by atoms with E-state index in [9.17, 15) is 74.7 Å². The van der Waals surface area contributed by atoms with Gasteiger partial charge in [0, 0.05) is 33.3 Å². The number of benzene rings is 2. The van der Waals surface area contributed by atoms with E-state index in [1.54, 1.807) is 90.4 Å². The fourth-order valence-electron chi connectivity index (χ4n) is 5.54. The summed E-state index contributed by atoms with van der Waals surface area (Å²) in [5.41, 5.74) is -0.214. The lowest BCUT2D eigenvalue weighted by Gasteiger charge is -2.30. The first-order valence-electron chi connectivity index (χ1n) is 17.7. The third-order valence-corrected chi connectivity index (χ3v) is 12.8. The van der Waals surface area contributed by atoms with Gasteiger partial charge in [0.25, 0.3) is 23.6 Å². The summed E-state index contributed by atoms with van der Waals surface area (Å²) in [4.78, 5) is 81.7. The second-order valence-electron chi connectivity index (χ2n) is 13.1. The van der Waals surface area contributed by atoms with E-state index in [-0.39, 0.29) is 85.2 Å². The van der Waals surface area contributed by atoms with Crippen molar-refractivity contribution in [2.75, 3.05) is 75.5 Å². The van der Waals surface area contributed by atoms with E-state index < -0.39 is 93.7 Å². The van der Waals surface area contributed by atoms with E-state index in [2.05, 4.69) is 21.3 Å². The van der Waals surface area contributed by atoms with E-state index in [4.69, 9.17) is 0 Å². The Morgan fingerprint density at radius 2 is 0.733 bits per heavy atom. The maximum absolute atomic E-state index is 13.5. The number of halogens is 4. The Morgan fingerprint density at radius 3 is 0.967 bits per heavy atom. The molecule has 2 aromatic carbocycles. The number of aliphatic hydroxyl groups is 9. The molecule has 334 valence electrons. The molecule has 0 aliphatic carbocycles. The van der Waals surface area contributed by atoms with Gasteiger partial charge in [-0.25, -0.2) is 0 Å². The van der Waals surface area contributed by atoms with Gasteiger partial charge in [0.05, 0.1) is 111 Å². The normalized spacial score (nSPS) is 13.7. The Kier molecular flexibility index (Phi) is 23.2. The van der Waals surface area contributed by atoms with E-state index in [1.807, 2.05) is 0 Å². The molecule has 0 saturated carbocycles. The molecule has 0 spiro atoms. The van der Waals surface area contributed by atoms with Crippen molar-refractivity contribution >= 4 is 138 Å². The topological polar surface area (TPSA) is 339 Å². The first-order valence-corrected chi connectivity index (χ1v) is 22.0. The summed E-state index contributed by atoms with van der Waals surface area (Å²) in [6.45, 7) is -2.43. The predicted octanol–water partition coefficient (Wildman–Crippen LogP) is -2.96. The van der Waals surface area contributed by atoms with Crippen molar-refractivity contribution in [2.45, 2.75) is 44.4 Å². The highest BCUT2D eigenvalue weighted by Crippen LogP contribution is 2.38. The Bertz CT molecular complexity index is 1660. The van der Waals surface area contributed by atoms with Gasteiger partial charge in [-0.2, -0.15) is 0 Å². The van der Waals surface area contributed by atoms with Crippen LogP contribution in [0.3, 0.4) is 0 Å². The molecule has 0 radical (unpaired) electrons. The van der Waals surface area contributed by atoms with Gasteiger partial charge >= 0.3 is 0 Å². The smallest absolute Gasteiger partial charge is 0.253 e. The molecule has 0 aliphatic heterocycles. The molecule has 0 bridgehead atoms. The zero-order valence-electron chi connectivity index (χ0n) is 32.0. The number of nitrogens with zero attached hydrogens (tertiary/aromatic N) is 2. The zero-order chi connectivity index (χ0) is 45.6. The maximum atomic E-state index is 13.5. The van der Waals surface area contributed by atoms with Crippen LogP contribution >= 0.6 is 90.4 Å². The lowest BCUT2D eigenvalue weighted by molar-refractivity contribution is -0.108. The SMILES string of the molecule is Cc1c(C(=O)NCC(O)CO)c(I)c(C(=O)NCC(O)CO)c(I)c1N(C=O)CC(O)CN(C=O)c1c(C)c(C(=O)NCC(O)CO)c(I)c(C(=O)NCC(O)CO)c1I. The van der Waals surface area contributed by atoms with Crippen LogP contribution in [0.5, 0.6) is 0 Å². The van der Waals surface area contributed by atoms with Gasteiger partial charge in [-0.05, 0) is 115 Å². The molecular weight excluding hydrogens is 1250 g/mol. The van der Waals surface area contributed by atoms with Crippen molar-refractivity contribution in [1.82, 2.24) is 21.3 Å². The standard InChI is InChI=1S/C35H46I4N6O15/c1-15-22(32(57)40-3-17(52)9-46)26(36)24(34(59)42-5-19(54)11-48)28(38)30(15)44(13-50)7-21(56)8-45(14-51)31-16(2)23(33(58)41-4-18(53)10-47)27(37)25(29(31)39)35(60)43-6-20(55)12-49/h13-14,17-21,46-49,52-56H,3-12H2,1-2H3,(H,40,57)(H,41,58)(H,42,59)(H,43,60). The molecule has 2 rings (SSSR count). The number of hydrogen-bond acceptors (Lipinski definition) is 15. The molecule has 0 aliphatic rings. The predicted molar refractivity (Wildman–Crippen MR) is 248 cm³/mol. The molecule has 6 amide bonds. The van der Waals surface area contributed by atoms with Crippen LogP contribution in [-0.4, -0.2) is 179 Å². The highest BCUT2D eigenvalue weighted by atomic mass is 127. The van der Waals surface area contributed by atoms with Crippen LogP contribution in [0.4, 0.5) is 11.4 Å². The minimum Gasteiger partial charge on any atom is -0.394 e. The van der Waals surface area contributed by atoms with Crippen LogP contribution < -0.4 is 31.1 Å². The Balaban J connectivity index is 2.74. The average molecular weight is 1300 g/mol. The van der Waals surface area contributed by atoms with Gasteiger partial charge in [-0.15, -0.1) is 0 Å². The Morgan fingerprint density at radius 1 is 0.483 bits per heavy atom.